The number of amides is 2. The third-order valence-corrected chi connectivity index (χ3v) is 7.43. The molecule has 9 heteroatoms. The van der Waals surface area contributed by atoms with Gasteiger partial charge in [0.05, 0.1) is 18.4 Å². The minimum atomic E-state index is -0.938. The molecule has 0 bridgehead atoms. The number of rotatable bonds is 8. The van der Waals surface area contributed by atoms with Gasteiger partial charge in [-0.1, -0.05) is 42.8 Å². The van der Waals surface area contributed by atoms with E-state index in [2.05, 4.69) is 15.8 Å². The van der Waals surface area contributed by atoms with E-state index in [1.54, 1.807) is 19.1 Å². The second-order valence-electron chi connectivity index (χ2n) is 8.93. The van der Waals surface area contributed by atoms with E-state index in [9.17, 15) is 14.4 Å². The molecule has 0 aliphatic heterocycles. The first-order valence-electron chi connectivity index (χ1n) is 12.7. The van der Waals surface area contributed by atoms with Crippen LogP contribution < -0.4 is 15.5 Å². The summed E-state index contributed by atoms with van der Waals surface area (Å²) in [6.45, 7) is 4.43. The van der Waals surface area contributed by atoms with E-state index in [0.717, 1.165) is 53.7 Å². The van der Waals surface area contributed by atoms with Crippen molar-refractivity contribution in [3.8, 4) is 5.75 Å². The molecular formula is C29H31N3O5S. The Kier molecular flexibility index (Phi) is 9.26. The van der Waals surface area contributed by atoms with Crippen molar-refractivity contribution in [2.75, 3.05) is 11.9 Å². The summed E-state index contributed by atoms with van der Waals surface area (Å²) in [5.74, 6) is -1.67. The Hall–Kier alpha value is -3.98. The minimum absolute atomic E-state index is 0.226. The molecule has 3 aromatic rings. The normalized spacial score (nSPS) is 12.9. The molecule has 1 heterocycles. The van der Waals surface area contributed by atoms with Crippen LogP contribution in [0.25, 0.3) is 0 Å². The van der Waals surface area contributed by atoms with Crippen LogP contribution in [0.1, 0.15) is 63.7 Å². The maximum absolute atomic E-state index is 12.7. The SMILES string of the molecule is CCOC(=O)c1c(NC(=O)C(=O)N/N=C/c2cccc(OCc3ccccc3C)c2)sc2c1CCCCC2. The van der Waals surface area contributed by atoms with Crippen LogP contribution in [0.15, 0.2) is 53.6 Å². The van der Waals surface area contributed by atoms with Crippen molar-refractivity contribution in [1.82, 2.24) is 5.43 Å². The van der Waals surface area contributed by atoms with Gasteiger partial charge >= 0.3 is 17.8 Å². The Labute approximate surface area is 226 Å². The van der Waals surface area contributed by atoms with Gasteiger partial charge in [0.1, 0.15) is 17.4 Å². The molecular weight excluding hydrogens is 502 g/mol. The number of fused-ring (bicyclic) bond motifs is 1. The summed E-state index contributed by atoms with van der Waals surface area (Å²) in [5.41, 5.74) is 6.47. The van der Waals surface area contributed by atoms with Gasteiger partial charge in [0.15, 0.2) is 0 Å². The smallest absolute Gasteiger partial charge is 0.341 e. The zero-order chi connectivity index (χ0) is 26.9. The summed E-state index contributed by atoms with van der Waals surface area (Å²) in [6, 6.07) is 15.3. The molecule has 0 fully saturated rings. The summed E-state index contributed by atoms with van der Waals surface area (Å²) in [6.07, 6.45) is 6.11. The zero-order valence-electron chi connectivity index (χ0n) is 21.5. The predicted molar refractivity (Wildman–Crippen MR) is 148 cm³/mol. The lowest BCUT2D eigenvalue weighted by Crippen LogP contribution is -2.32. The van der Waals surface area contributed by atoms with Crippen molar-refractivity contribution in [1.29, 1.82) is 0 Å². The van der Waals surface area contributed by atoms with Crippen molar-refractivity contribution < 1.29 is 23.9 Å². The van der Waals surface area contributed by atoms with Gasteiger partial charge in [-0.15, -0.1) is 11.3 Å². The molecule has 4 rings (SSSR count). The average molecular weight is 534 g/mol. The number of aryl methyl sites for hydroxylation is 2. The molecule has 2 N–H and O–H groups in total. The van der Waals surface area contributed by atoms with Crippen molar-refractivity contribution in [2.45, 2.75) is 52.6 Å². The molecule has 0 spiro atoms. The monoisotopic (exact) mass is 533 g/mol. The number of hydrogen-bond acceptors (Lipinski definition) is 7. The third-order valence-electron chi connectivity index (χ3n) is 6.23. The van der Waals surface area contributed by atoms with E-state index >= 15 is 0 Å². The number of anilines is 1. The Bertz CT molecular complexity index is 1350. The van der Waals surface area contributed by atoms with Crippen molar-refractivity contribution in [3.63, 3.8) is 0 Å². The Balaban J connectivity index is 1.37. The van der Waals surface area contributed by atoms with Crippen LogP contribution >= 0.6 is 11.3 Å². The lowest BCUT2D eigenvalue weighted by Gasteiger charge is -2.09. The molecule has 1 aliphatic rings. The van der Waals surface area contributed by atoms with Gasteiger partial charge in [-0.05, 0) is 73.9 Å². The number of esters is 1. The maximum Gasteiger partial charge on any atom is 0.341 e. The number of hydrogen-bond donors (Lipinski definition) is 2. The van der Waals surface area contributed by atoms with Crippen molar-refractivity contribution in [2.24, 2.45) is 5.10 Å². The van der Waals surface area contributed by atoms with E-state index < -0.39 is 17.8 Å². The Morgan fingerprint density at radius 1 is 1.03 bits per heavy atom. The van der Waals surface area contributed by atoms with Crippen molar-refractivity contribution in [3.05, 3.63) is 81.2 Å². The van der Waals surface area contributed by atoms with Gasteiger partial charge in [-0.2, -0.15) is 5.10 Å². The van der Waals surface area contributed by atoms with Crippen LogP contribution in [-0.4, -0.2) is 30.6 Å². The summed E-state index contributed by atoms with van der Waals surface area (Å²) >= 11 is 1.34. The van der Waals surface area contributed by atoms with E-state index in [1.807, 2.05) is 43.3 Å². The molecule has 38 heavy (non-hydrogen) atoms. The fourth-order valence-electron chi connectivity index (χ4n) is 4.24. The Morgan fingerprint density at radius 3 is 2.66 bits per heavy atom. The highest BCUT2D eigenvalue weighted by atomic mass is 32.1. The molecule has 1 aromatic heterocycles. The topological polar surface area (TPSA) is 106 Å². The van der Waals surface area contributed by atoms with E-state index in [-0.39, 0.29) is 6.61 Å². The number of carbonyl (C=O) groups is 3. The summed E-state index contributed by atoms with van der Waals surface area (Å²) in [5, 5.41) is 6.85. The van der Waals surface area contributed by atoms with E-state index in [1.165, 1.54) is 17.6 Å². The first-order chi connectivity index (χ1) is 18.5. The van der Waals surface area contributed by atoms with Crippen LogP contribution in [0.4, 0.5) is 5.00 Å². The number of benzene rings is 2. The first kappa shape index (κ1) is 27.1. The molecule has 1 aliphatic carbocycles. The second-order valence-corrected chi connectivity index (χ2v) is 10.0. The molecule has 8 nitrogen and oxygen atoms in total. The Morgan fingerprint density at radius 2 is 1.84 bits per heavy atom. The van der Waals surface area contributed by atoms with Gasteiger partial charge in [0.25, 0.3) is 0 Å². The summed E-state index contributed by atoms with van der Waals surface area (Å²) < 4.78 is 11.1. The highest BCUT2D eigenvalue weighted by Gasteiger charge is 2.27. The second kappa shape index (κ2) is 13.0. The van der Waals surface area contributed by atoms with Crippen LogP contribution in [-0.2, 0) is 33.8 Å². The highest BCUT2D eigenvalue weighted by Crippen LogP contribution is 2.38. The quantitative estimate of drug-likeness (QED) is 0.137. The van der Waals surface area contributed by atoms with E-state index in [4.69, 9.17) is 9.47 Å². The molecule has 0 atom stereocenters. The van der Waals surface area contributed by atoms with Crippen LogP contribution in [0.3, 0.4) is 0 Å². The fraction of sp³-hybridized carbons (Fsp3) is 0.310. The molecule has 2 aromatic carbocycles. The number of nitrogens with one attached hydrogen (secondary N) is 2. The molecule has 2 amide bonds. The van der Waals surface area contributed by atoms with Gasteiger partial charge in [-0.25, -0.2) is 10.2 Å². The van der Waals surface area contributed by atoms with Gasteiger partial charge in [-0.3, -0.25) is 9.59 Å². The number of ether oxygens (including phenoxy) is 2. The van der Waals surface area contributed by atoms with Crippen LogP contribution in [0.5, 0.6) is 5.75 Å². The summed E-state index contributed by atoms with van der Waals surface area (Å²) in [7, 11) is 0. The minimum Gasteiger partial charge on any atom is -0.489 e. The number of nitrogens with zero attached hydrogens (tertiary/aromatic N) is 1. The van der Waals surface area contributed by atoms with E-state index in [0.29, 0.717) is 28.5 Å². The summed E-state index contributed by atoms with van der Waals surface area (Å²) in [4.78, 5) is 38.8. The lowest BCUT2D eigenvalue weighted by molar-refractivity contribution is -0.136. The molecule has 0 unspecified atom stereocenters. The molecule has 198 valence electrons. The third kappa shape index (κ3) is 6.86. The number of hydrazone groups is 1. The fourth-order valence-corrected chi connectivity index (χ4v) is 5.52. The molecule has 0 saturated heterocycles. The predicted octanol–water partition coefficient (Wildman–Crippen LogP) is 5.17. The van der Waals surface area contributed by atoms with Crippen LogP contribution in [0.2, 0.25) is 0 Å². The van der Waals surface area contributed by atoms with Gasteiger partial charge in [0, 0.05) is 4.88 Å². The van der Waals surface area contributed by atoms with Crippen LogP contribution in [0, 0.1) is 6.92 Å². The first-order valence-corrected chi connectivity index (χ1v) is 13.5. The van der Waals surface area contributed by atoms with Gasteiger partial charge < -0.3 is 14.8 Å². The highest BCUT2D eigenvalue weighted by molar-refractivity contribution is 7.17. The maximum atomic E-state index is 12.7. The lowest BCUT2D eigenvalue weighted by atomic mass is 10.1. The van der Waals surface area contributed by atoms with Gasteiger partial charge in [0.2, 0.25) is 0 Å². The molecule has 0 saturated carbocycles. The largest absolute Gasteiger partial charge is 0.489 e. The van der Waals surface area contributed by atoms with Crippen molar-refractivity contribution >= 4 is 40.3 Å². The number of thiophene rings is 1. The average Bonchev–Trinajstić information content (AvgIpc) is 3.08. The molecule has 0 radical (unpaired) electrons. The standard InChI is InChI=1S/C29H31N3O5S/c1-3-36-29(35)25-23-14-5-4-6-15-24(23)38-28(25)31-26(33)27(34)32-30-17-20-11-9-13-22(16-20)37-18-21-12-8-7-10-19(21)2/h7-13,16-17H,3-6,14-15,18H2,1-2H3,(H,31,33)(H,32,34)/b30-17+. The zero-order valence-corrected chi connectivity index (χ0v) is 22.4. The number of carbonyl (C=O) groups excluding carboxylic acids is 3.